The van der Waals surface area contributed by atoms with E-state index in [1.807, 2.05) is 18.2 Å². The first kappa shape index (κ1) is 23.5. The van der Waals surface area contributed by atoms with Gasteiger partial charge < -0.3 is 14.8 Å². The topological polar surface area (TPSA) is 71.3 Å². The van der Waals surface area contributed by atoms with Gasteiger partial charge in [-0.3, -0.25) is 4.79 Å². The number of nitrogens with one attached hydrogen (secondary N) is 1. The Morgan fingerprint density at radius 1 is 1.06 bits per heavy atom. The number of anilines is 1. The van der Waals surface area contributed by atoms with Crippen molar-refractivity contribution >= 4 is 52.5 Å². The van der Waals surface area contributed by atoms with Gasteiger partial charge in [-0.05, 0) is 48.0 Å². The predicted molar refractivity (Wildman–Crippen MR) is 127 cm³/mol. The van der Waals surface area contributed by atoms with Crippen LogP contribution in [0.5, 0.6) is 11.5 Å². The zero-order valence-corrected chi connectivity index (χ0v) is 19.1. The number of hydrogen-bond donors (Lipinski definition) is 1. The summed E-state index contributed by atoms with van der Waals surface area (Å²) < 4.78 is 11.4. The summed E-state index contributed by atoms with van der Waals surface area (Å²) in [4.78, 5) is 12.7. The van der Waals surface area contributed by atoms with E-state index >= 15 is 0 Å². The molecule has 1 amide bonds. The number of methoxy groups -OCH3 is 1. The number of nitriles is 1. The Hall–Kier alpha value is -3.17. The number of hydrogen-bond acceptors (Lipinski definition) is 4. The average Bonchev–Trinajstić information content (AvgIpc) is 2.78. The van der Waals surface area contributed by atoms with Crippen molar-refractivity contribution < 1.29 is 14.3 Å². The van der Waals surface area contributed by atoms with E-state index in [9.17, 15) is 10.1 Å². The molecule has 0 fully saturated rings. The Bertz CT molecular complexity index is 1220. The van der Waals surface area contributed by atoms with Gasteiger partial charge in [0.05, 0.1) is 17.2 Å². The van der Waals surface area contributed by atoms with Crippen molar-refractivity contribution in [3.8, 4) is 17.6 Å². The number of nitrogens with zero attached hydrogens (tertiary/aromatic N) is 1. The smallest absolute Gasteiger partial charge is 0.266 e. The average molecular weight is 488 g/mol. The molecular formula is C24H17Cl3N2O3. The number of rotatable bonds is 7. The molecule has 32 heavy (non-hydrogen) atoms. The summed E-state index contributed by atoms with van der Waals surface area (Å²) in [6, 6.07) is 19.0. The van der Waals surface area contributed by atoms with Gasteiger partial charge in [-0.2, -0.15) is 5.26 Å². The van der Waals surface area contributed by atoms with E-state index in [0.717, 1.165) is 5.56 Å². The summed E-state index contributed by atoms with van der Waals surface area (Å²) in [6.45, 7) is 0.221. The third kappa shape index (κ3) is 5.95. The molecule has 0 bridgehead atoms. The monoisotopic (exact) mass is 486 g/mol. The van der Waals surface area contributed by atoms with Crippen LogP contribution in [-0.2, 0) is 11.4 Å². The van der Waals surface area contributed by atoms with Crippen molar-refractivity contribution in [3.05, 3.63) is 92.4 Å². The number of ether oxygens (including phenoxy) is 2. The number of para-hydroxylation sites is 1. The summed E-state index contributed by atoms with van der Waals surface area (Å²) in [5.74, 6) is 0.252. The normalized spacial score (nSPS) is 10.9. The minimum absolute atomic E-state index is 0.128. The molecule has 0 unspecified atom stereocenters. The number of amides is 1. The fourth-order valence-corrected chi connectivity index (χ4v) is 3.33. The third-order valence-corrected chi connectivity index (χ3v) is 5.32. The van der Waals surface area contributed by atoms with Gasteiger partial charge in [0.1, 0.15) is 18.2 Å². The van der Waals surface area contributed by atoms with Gasteiger partial charge >= 0.3 is 0 Å². The number of halogens is 3. The molecule has 1 N–H and O–H groups in total. The number of carbonyl (C=O) groups excluding carboxylic acids is 1. The Kier molecular flexibility index (Phi) is 8.02. The molecule has 0 atom stereocenters. The molecule has 3 rings (SSSR count). The maximum Gasteiger partial charge on any atom is 0.266 e. The van der Waals surface area contributed by atoms with Crippen LogP contribution in [0.4, 0.5) is 5.69 Å². The van der Waals surface area contributed by atoms with Crippen molar-refractivity contribution in [2.45, 2.75) is 6.61 Å². The van der Waals surface area contributed by atoms with Crippen molar-refractivity contribution in [3.63, 3.8) is 0 Å². The van der Waals surface area contributed by atoms with Crippen LogP contribution in [0.2, 0.25) is 15.1 Å². The van der Waals surface area contributed by atoms with Crippen molar-refractivity contribution in [1.29, 1.82) is 5.26 Å². The summed E-state index contributed by atoms with van der Waals surface area (Å²) in [6.07, 6.45) is 1.43. The lowest BCUT2D eigenvalue weighted by Gasteiger charge is -2.14. The van der Waals surface area contributed by atoms with Crippen molar-refractivity contribution in [1.82, 2.24) is 0 Å². The number of benzene rings is 3. The van der Waals surface area contributed by atoms with Crippen LogP contribution >= 0.6 is 34.8 Å². The molecule has 0 radical (unpaired) electrons. The quantitative estimate of drug-likeness (QED) is 0.294. The van der Waals surface area contributed by atoms with Crippen molar-refractivity contribution in [2.75, 3.05) is 12.4 Å². The fraction of sp³-hybridized carbons (Fsp3) is 0.0833. The third-order valence-electron chi connectivity index (χ3n) is 4.34. The lowest BCUT2D eigenvalue weighted by molar-refractivity contribution is -0.112. The van der Waals surface area contributed by atoms with Gasteiger partial charge in [-0.1, -0.05) is 59.1 Å². The van der Waals surface area contributed by atoms with E-state index in [0.29, 0.717) is 32.8 Å². The van der Waals surface area contributed by atoms with Gasteiger partial charge in [-0.15, -0.1) is 0 Å². The van der Waals surface area contributed by atoms with Gasteiger partial charge in [0.15, 0.2) is 11.5 Å². The second-order valence-electron chi connectivity index (χ2n) is 6.55. The van der Waals surface area contributed by atoms with E-state index in [4.69, 9.17) is 44.3 Å². The molecule has 0 aliphatic rings. The molecule has 5 nitrogen and oxygen atoms in total. The summed E-state index contributed by atoms with van der Waals surface area (Å²) in [7, 11) is 1.51. The van der Waals surface area contributed by atoms with Gasteiger partial charge in [0.2, 0.25) is 0 Å². The largest absolute Gasteiger partial charge is 0.493 e. The molecule has 0 spiro atoms. The van der Waals surface area contributed by atoms with Crippen LogP contribution < -0.4 is 14.8 Å². The van der Waals surface area contributed by atoms with Crippen molar-refractivity contribution in [2.24, 2.45) is 0 Å². The Labute approximate surface area is 200 Å². The maximum atomic E-state index is 12.7. The molecule has 162 valence electrons. The minimum Gasteiger partial charge on any atom is -0.493 e. The fourth-order valence-electron chi connectivity index (χ4n) is 2.82. The van der Waals surface area contributed by atoms with E-state index in [1.54, 1.807) is 42.5 Å². The Morgan fingerprint density at radius 3 is 2.53 bits per heavy atom. The van der Waals surface area contributed by atoms with Gasteiger partial charge in [0, 0.05) is 16.3 Å². The molecular weight excluding hydrogens is 471 g/mol. The van der Waals surface area contributed by atoms with Gasteiger partial charge in [0.25, 0.3) is 5.91 Å². The second-order valence-corrected chi connectivity index (χ2v) is 7.80. The highest BCUT2D eigenvalue weighted by Gasteiger charge is 2.15. The molecule has 0 aromatic heterocycles. The second kappa shape index (κ2) is 10.9. The molecule has 3 aromatic carbocycles. The highest BCUT2D eigenvalue weighted by atomic mass is 35.5. The zero-order chi connectivity index (χ0) is 23.1. The standard InChI is InChI=1S/C24H17Cl3N2O3/c1-31-22-7-3-5-16(23(22)32-14-15-4-2-6-18(25)10-15)11-17(13-28)24(30)29-19-8-9-20(26)21(27)12-19/h2-12H,14H2,1H3,(H,29,30)/b17-11+. The van der Waals surface area contributed by atoms with E-state index in [-0.39, 0.29) is 17.2 Å². The summed E-state index contributed by atoms with van der Waals surface area (Å²) >= 11 is 17.9. The minimum atomic E-state index is -0.602. The molecule has 0 saturated carbocycles. The zero-order valence-electron chi connectivity index (χ0n) is 16.9. The lowest BCUT2D eigenvalue weighted by Crippen LogP contribution is -2.13. The van der Waals surface area contributed by atoms with E-state index < -0.39 is 5.91 Å². The lowest BCUT2D eigenvalue weighted by atomic mass is 10.1. The first-order valence-electron chi connectivity index (χ1n) is 9.33. The van der Waals surface area contributed by atoms with E-state index in [2.05, 4.69) is 5.32 Å². The molecule has 0 heterocycles. The van der Waals surface area contributed by atoms with Gasteiger partial charge in [-0.25, -0.2) is 0 Å². The Balaban J connectivity index is 1.88. The van der Waals surface area contributed by atoms with Crippen LogP contribution in [0.3, 0.4) is 0 Å². The maximum absolute atomic E-state index is 12.7. The van der Waals surface area contributed by atoms with Crippen LogP contribution in [0.1, 0.15) is 11.1 Å². The Morgan fingerprint density at radius 2 is 1.84 bits per heavy atom. The SMILES string of the molecule is COc1cccc(/C=C(\C#N)C(=O)Nc2ccc(Cl)c(Cl)c2)c1OCc1cccc(Cl)c1. The van der Waals surface area contributed by atoms with Crippen LogP contribution in [-0.4, -0.2) is 13.0 Å². The summed E-state index contributed by atoms with van der Waals surface area (Å²) in [5.41, 5.74) is 1.65. The first-order valence-corrected chi connectivity index (χ1v) is 10.5. The molecule has 0 aliphatic carbocycles. The van der Waals surface area contributed by atoms with Crippen LogP contribution in [0.15, 0.2) is 66.2 Å². The predicted octanol–water partition coefficient (Wildman–Crippen LogP) is 6.78. The van der Waals surface area contributed by atoms with Crippen LogP contribution in [0, 0.1) is 11.3 Å². The summed E-state index contributed by atoms with van der Waals surface area (Å²) in [5, 5.41) is 13.5. The van der Waals surface area contributed by atoms with Crippen LogP contribution in [0.25, 0.3) is 6.08 Å². The molecule has 8 heteroatoms. The molecule has 3 aromatic rings. The highest BCUT2D eigenvalue weighted by molar-refractivity contribution is 6.42. The van der Waals surface area contributed by atoms with E-state index in [1.165, 1.54) is 19.3 Å². The number of carbonyl (C=O) groups is 1. The first-order chi connectivity index (χ1) is 15.4. The molecule has 0 saturated heterocycles. The molecule has 0 aliphatic heterocycles. The highest BCUT2D eigenvalue weighted by Crippen LogP contribution is 2.34.